The summed E-state index contributed by atoms with van der Waals surface area (Å²) in [5.74, 6) is -0.518. The van der Waals surface area contributed by atoms with Gasteiger partial charge >= 0.3 is 0 Å². The summed E-state index contributed by atoms with van der Waals surface area (Å²) in [6, 6.07) is 25.7. The van der Waals surface area contributed by atoms with Gasteiger partial charge in [-0.2, -0.15) is 0 Å². The number of rotatable bonds is 7. The lowest BCUT2D eigenvalue weighted by atomic mass is 9.90. The smallest absolute Gasteiger partial charge is 0.240 e. The monoisotopic (exact) mass is 394 g/mol. The van der Waals surface area contributed by atoms with Gasteiger partial charge in [0.2, 0.25) is 15.9 Å². The Labute approximate surface area is 165 Å². The Morgan fingerprint density at radius 1 is 0.821 bits per heavy atom. The standard InChI is InChI=1S/C22H22N2O3S/c1-23-28(26,27)20-14-12-17(13-15-20)16-24-22(25)21(18-8-4-2-5-9-18)19-10-6-3-7-11-19/h2-15,21,23H,16H2,1H3,(H,24,25). The van der Waals surface area contributed by atoms with E-state index in [4.69, 9.17) is 0 Å². The first-order valence-corrected chi connectivity index (χ1v) is 10.4. The molecule has 0 aliphatic rings. The summed E-state index contributed by atoms with van der Waals surface area (Å²) in [7, 11) is -2.10. The van der Waals surface area contributed by atoms with Gasteiger partial charge in [-0.3, -0.25) is 4.79 Å². The fourth-order valence-corrected chi connectivity index (χ4v) is 3.71. The average molecular weight is 394 g/mol. The number of sulfonamides is 1. The van der Waals surface area contributed by atoms with Crippen LogP contribution in [-0.4, -0.2) is 21.4 Å². The topological polar surface area (TPSA) is 75.3 Å². The maximum atomic E-state index is 13.0. The van der Waals surface area contributed by atoms with Gasteiger partial charge in [-0.05, 0) is 35.9 Å². The highest BCUT2D eigenvalue weighted by Gasteiger charge is 2.22. The van der Waals surface area contributed by atoms with Crippen LogP contribution < -0.4 is 10.0 Å². The Hall–Kier alpha value is -2.96. The molecule has 0 aliphatic heterocycles. The summed E-state index contributed by atoms with van der Waals surface area (Å²) in [5.41, 5.74) is 2.66. The van der Waals surface area contributed by atoms with Crippen molar-refractivity contribution in [3.8, 4) is 0 Å². The van der Waals surface area contributed by atoms with Crippen molar-refractivity contribution in [2.45, 2.75) is 17.4 Å². The molecule has 0 saturated carbocycles. The first-order chi connectivity index (χ1) is 13.5. The molecule has 5 nitrogen and oxygen atoms in total. The minimum Gasteiger partial charge on any atom is -0.351 e. The van der Waals surface area contributed by atoms with Gasteiger partial charge in [0, 0.05) is 6.54 Å². The molecule has 3 aromatic rings. The van der Waals surface area contributed by atoms with E-state index in [1.165, 1.54) is 19.2 Å². The number of amides is 1. The van der Waals surface area contributed by atoms with Gasteiger partial charge in [-0.1, -0.05) is 72.8 Å². The predicted octanol–water partition coefficient (Wildman–Crippen LogP) is 3.04. The van der Waals surface area contributed by atoms with Crippen molar-refractivity contribution in [3.05, 3.63) is 102 Å². The van der Waals surface area contributed by atoms with E-state index < -0.39 is 15.9 Å². The zero-order chi connectivity index (χ0) is 20.0. The first-order valence-electron chi connectivity index (χ1n) is 8.91. The molecular weight excluding hydrogens is 372 g/mol. The SMILES string of the molecule is CNS(=O)(=O)c1ccc(CNC(=O)C(c2ccccc2)c2ccccc2)cc1. The quantitative estimate of drug-likeness (QED) is 0.647. The second kappa shape index (κ2) is 8.82. The van der Waals surface area contributed by atoms with E-state index in [1.807, 2.05) is 60.7 Å². The molecule has 3 aromatic carbocycles. The molecule has 0 radical (unpaired) electrons. The fraction of sp³-hybridized carbons (Fsp3) is 0.136. The van der Waals surface area contributed by atoms with Gasteiger partial charge in [0.15, 0.2) is 0 Å². The molecule has 0 spiro atoms. The molecule has 144 valence electrons. The molecule has 0 aromatic heterocycles. The lowest BCUT2D eigenvalue weighted by molar-refractivity contribution is -0.121. The molecule has 0 atom stereocenters. The van der Waals surface area contributed by atoms with Gasteiger partial charge < -0.3 is 5.32 Å². The molecule has 28 heavy (non-hydrogen) atoms. The second-order valence-corrected chi connectivity index (χ2v) is 8.21. The highest BCUT2D eigenvalue weighted by molar-refractivity contribution is 7.89. The molecular formula is C22H22N2O3S. The number of hydrogen-bond donors (Lipinski definition) is 2. The van der Waals surface area contributed by atoms with E-state index in [2.05, 4.69) is 10.0 Å². The van der Waals surface area contributed by atoms with Gasteiger partial charge in [-0.25, -0.2) is 13.1 Å². The molecule has 6 heteroatoms. The van der Waals surface area contributed by atoms with Crippen molar-refractivity contribution in [2.24, 2.45) is 0 Å². The van der Waals surface area contributed by atoms with Gasteiger partial charge in [0.25, 0.3) is 0 Å². The van der Waals surface area contributed by atoms with Gasteiger partial charge in [-0.15, -0.1) is 0 Å². The fourth-order valence-electron chi connectivity index (χ4n) is 2.98. The van der Waals surface area contributed by atoms with Gasteiger partial charge in [0.05, 0.1) is 10.8 Å². The molecule has 3 rings (SSSR count). The molecule has 2 N–H and O–H groups in total. The predicted molar refractivity (Wildman–Crippen MR) is 109 cm³/mol. The third-order valence-corrected chi connectivity index (χ3v) is 5.93. The lowest BCUT2D eigenvalue weighted by Gasteiger charge is -2.18. The summed E-state index contributed by atoms with van der Waals surface area (Å²) >= 11 is 0. The minimum atomic E-state index is -3.47. The maximum absolute atomic E-state index is 13.0. The third-order valence-electron chi connectivity index (χ3n) is 4.50. The van der Waals surface area contributed by atoms with Crippen LogP contribution in [0.5, 0.6) is 0 Å². The molecule has 0 saturated heterocycles. The number of nitrogens with one attached hydrogen (secondary N) is 2. The summed E-state index contributed by atoms with van der Waals surface area (Å²) in [6.07, 6.45) is 0. The van der Waals surface area contributed by atoms with Crippen molar-refractivity contribution in [2.75, 3.05) is 7.05 Å². The maximum Gasteiger partial charge on any atom is 0.240 e. The van der Waals surface area contributed by atoms with Crippen LogP contribution in [-0.2, 0) is 21.4 Å². The first kappa shape index (κ1) is 19.8. The summed E-state index contributed by atoms with van der Waals surface area (Å²) in [5, 5.41) is 2.96. The normalized spacial score (nSPS) is 11.4. The minimum absolute atomic E-state index is 0.107. The van der Waals surface area contributed by atoms with Crippen LogP contribution in [0, 0.1) is 0 Å². The average Bonchev–Trinajstić information content (AvgIpc) is 2.74. The summed E-state index contributed by atoms with van der Waals surface area (Å²) in [6.45, 7) is 0.314. The van der Waals surface area contributed by atoms with Crippen LogP contribution in [0.2, 0.25) is 0 Å². The van der Waals surface area contributed by atoms with Crippen molar-refractivity contribution >= 4 is 15.9 Å². The van der Waals surface area contributed by atoms with Crippen LogP contribution in [0.25, 0.3) is 0 Å². The summed E-state index contributed by atoms with van der Waals surface area (Å²) in [4.78, 5) is 13.2. The number of benzene rings is 3. The number of hydrogen-bond acceptors (Lipinski definition) is 3. The highest BCUT2D eigenvalue weighted by atomic mass is 32.2. The molecule has 0 bridgehead atoms. The molecule has 0 fully saturated rings. The van der Waals surface area contributed by atoms with Crippen LogP contribution in [0.4, 0.5) is 0 Å². The zero-order valence-corrected chi connectivity index (χ0v) is 16.3. The number of carbonyl (C=O) groups is 1. The van der Waals surface area contributed by atoms with Crippen molar-refractivity contribution < 1.29 is 13.2 Å². The van der Waals surface area contributed by atoms with Crippen molar-refractivity contribution in [3.63, 3.8) is 0 Å². The third kappa shape index (κ3) is 4.65. The van der Waals surface area contributed by atoms with E-state index in [0.29, 0.717) is 6.54 Å². The molecule has 0 heterocycles. The Balaban J connectivity index is 1.76. The van der Waals surface area contributed by atoms with Crippen LogP contribution >= 0.6 is 0 Å². The molecule has 0 unspecified atom stereocenters. The lowest BCUT2D eigenvalue weighted by Crippen LogP contribution is -2.29. The highest BCUT2D eigenvalue weighted by Crippen LogP contribution is 2.24. The van der Waals surface area contributed by atoms with E-state index >= 15 is 0 Å². The van der Waals surface area contributed by atoms with Crippen LogP contribution in [0.1, 0.15) is 22.6 Å². The summed E-state index contributed by atoms with van der Waals surface area (Å²) < 4.78 is 25.9. The second-order valence-electron chi connectivity index (χ2n) is 6.32. The van der Waals surface area contributed by atoms with E-state index in [1.54, 1.807) is 12.1 Å². The van der Waals surface area contributed by atoms with Crippen molar-refractivity contribution in [1.29, 1.82) is 0 Å². The van der Waals surface area contributed by atoms with Crippen LogP contribution in [0.3, 0.4) is 0 Å². The van der Waals surface area contributed by atoms with Crippen LogP contribution in [0.15, 0.2) is 89.8 Å². The number of carbonyl (C=O) groups excluding carboxylic acids is 1. The van der Waals surface area contributed by atoms with E-state index in [0.717, 1.165) is 16.7 Å². The molecule has 0 aliphatic carbocycles. The Morgan fingerprint density at radius 2 is 1.32 bits per heavy atom. The zero-order valence-electron chi connectivity index (χ0n) is 15.5. The van der Waals surface area contributed by atoms with E-state index in [9.17, 15) is 13.2 Å². The van der Waals surface area contributed by atoms with Crippen molar-refractivity contribution in [1.82, 2.24) is 10.0 Å². The molecule has 1 amide bonds. The Morgan fingerprint density at radius 3 is 1.79 bits per heavy atom. The Bertz CT molecular complexity index is 979. The van der Waals surface area contributed by atoms with E-state index in [-0.39, 0.29) is 10.8 Å². The van der Waals surface area contributed by atoms with Gasteiger partial charge in [0.1, 0.15) is 0 Å². The Kier molecular flexibility index (Phi) is 6.23. The largest absolute Gasteiger partial charge is 0.351 e.